The molecular weight excluding hydrogens is 218 g/mol. The Hall–Kier alpha value is -0.0400. The maximum absolute atomic E-state index is 2.62. The van der Waals surface area contributed by atoms with Crippen molar-refractivity contribution in [2.75, 3.05) is 13.6 Å². The molecule has 0 N–H and O–H groups in total. The van der Waals surface area contributed by atoms with E-state index >= 15 is 0 Å². The molecule has 108 valence electrons. The number of rotatable bonds is 9. The Labute approximate surface area is 115 Å². The molecule has 0 bridgehead atoms. The third-order valence-electron chi connectivity index (χ3n) is 5.22. The van der Waals surface area contributed by atoms with Crippen molar-refractivity contribution in [3.63, 3.8) is 0 Å². The van der Waals surface area contributed by atoms with E-state index in [0.29, 0.717) is 0 Å². The lowest BCUT2D eigenvalue weighted by molar-refractivity contribution is 0.121. The molecular formula is C17H35N. The van der Waals surface area contributed by atoms with Gasteiger partial charge < -0.3 is 4.90 Å². The zero-order valence-corrected chi connectivity index (χ0v) is 13.4. The van der Waals surface area contributed by atoms with Gasteiger partial charge in [-0.05, 0) is 44.1 Å². The van der Waals surface area contributed by atoms with Crippen molar-refractivity contribution >= 4 is 0 Å². The molecule has 0 aromatic rings. The van der Waals surface area contributed by atoms with Gasteiger partial charge in [0.1, 0.15) is 0 Å². The third kappa shape index (κ3) is 4.91. The Kier molecular flexibility index (Phi) is 7.29. The van der Waals surface area contributed by atoms with Gasteiger partial charge in [-0.15, -0.1) is 0 Å². The molecule has 3 atom stereocenters. The van der Waals surface area contributed by atoms with Crippen LogP contribution in [0.1, 0.15) is 72.6 Å². The number of nitrogens with zero attached hydrogens (tertiary/aromatic N) is 1. The molecule has 0 radical (unpaired) electrons. The Balaban J connectivity index is 2.28. The Morgan fingerprint density at radius 1 is 1.11 bits per heavy atom. The lowest BCUT2D eigenvalue weighted by atomic mass is 9.83. The van der Waals surface area contributed by atoms with Crippen molar-refractivity contribution < 1.29 is 0 Å². The first kappa shape index (κ1) is 16.0. The van der Waals surface area contributed by atoms with Crippen molar-refractivity contribution in [3.8, 4) is 0 Å². The molecule has 0 spiro atoms. The highest BCUT2D eigenvalue weighted by molar-refractivity contribution is 4.80. The summed E-state index contributed by atoms with van der Waals surface area (Å²) in [5.41, 5.74) is 0. The quantitative estimate of drug-likeness (QED) is 0.561. The second-order valence-electron chi connectivity index (χ2n) is 6.78. The van der Waals surface area contributed by atoms with E-state index in [1.54, 1.807) is 0 Å². The first-order chi connectivity index (χ1) is 8.58. The highest BCUT2D eigenvalue weighted by Gasteiger charge is 2.25. The van der Waals surface area contributed by atoms with E-state index in [9.17, 15) is 0 Å². The van der Waals surface area contributed by atoms with Gasteiger partial charge in [-0.3, -0.25) is 0 Å². The summed E-state index contributed by atoms with van der Waals surface area (Å²) in [6, 6.07) is 0.900. The fraction of sp³-hybridized carbons (Fsp3) is 1.00. The van der Waals surface area contributed by atoms with Crippen molar-refractivity contribution in [2.45, 2.75) is 78.7 Å². The van der Waals surface area contributed by atoms with Crippen LogP contribution in [0.4, 0.5) is 0 Å². The molecule has 1 saturated carbocycles. The Morgan fingerprint density at radius 3 is 2.22 bits per heavy atom. The zero-order valence-electron chi connectivity index (χ0n) is 13.4. The van der Waals surface area contributed by atoms with Crippen LogP contribution >= 0.6 is 0 Å². The average Bonchev–Trinajstić information content (AvgIpc) is 2.25. The maximum Gasteiger partial charge on any atom is 0.00923 e. The Bertz CT molecular complexity index is 202. The van der Waals surface area contributed by atoms with Gasteiger partial charge in [-0.1, -0.05) is 53.4 Å². The molecule has 1 rings (SSSR count). The molecule has 0 saturated heterocycles. The van der Waals surface area contributed by atoms with E-state index in [1.165, 1.54) is 51.5 Å². The van der Waals surface area contributed by atoms with Crippen LogP contribution < -0.4 is 0 Å². The summed E-state index contributed by atoms with van der Waals surface area (Å²) in [6.07, 6.45) is 9.89. The van der Waals surface area contributed by atoms with Crippen molar-refractivity contribution in [2.24, 2.45) is 17.8 Å². The van der Waals surface area contributed by atoms with Crippen molar-refractivity contribution in [1.82, 2.24) is 4.90 Å². The van der Waals surface area contributed by atoms with Crippen LogP contribution in [0.5, 0.6) is 0 Å². The summed E-state index contributed by atoms with van der Waals surface area (Å²) in [6.45, 7) is 10.9. The van der Waals surface area contributed by atoms with Crippen LogP contribution in [0.3, 0.4) is 0 Å². The van der Waals surface area contributed by atoms with Gasteiger partial charge in [0.25, 0.3) is 0 Å². The molecule has 1 nitrogen and oxygen atoms in total. The minimum Gasteiger partial charge on any atom is -0.303 e. The smallest absolute Gasteiger partial charge is 0.00923 e. The largest absolute Gasteiger partial charge is 0.303 e. The van der Waals surface area contributed by atoms with Gasteiger partial charge in [0, 0.05) is 12.6 Å². The molecule has 0 heterocycles. The van der Waals surface area contributed by atoms with E-state index in [2.05, 4.69) is 39.6 Å². The summed E-state index contributed by atoms with van der Waals surface area (Å²) in [5, 5.41) is 0. The lowest BCUT2D eigenvalue weighted by Gasteiger charge is -2.37. The molecule has 3 unspecified atom stereocenters. The van der Waals surface area contributed by atoms with Crippen LogP contribution in [0, 0.1) is 17.8 Å². The fourth-order valence-electron chi connectivity index (χ4n) is 3.27. The van der Waals surface area contributed by atoms with Crippen LogP contribution in [0.2, 0.25) is 0 Å². The van der Waals surface area contributed by atoms with Gasteiger partial charge in [0.2, 0.25) is 0 Å². The number of hydrogen-bond donors (Lipinski definition) is 0. The topological polar surface area (TPSA) is 3.24 Å². The van der Waals surface area contributed by atoms with Gasteiger partial charge in [-0.2, -0.15) is 0 Å². The predicted molar refractivity (Wildman–Crippen MR) is 81.9 cm³/mol. The van der Waals surface area contributed by atoms with Crippen molar-refractivity contribution in [3.05, 3.63) is 0 Å². The lowest BCUT2D eigenvalue weighted by Crippen LogP contribution is -2.40. The molecule has 0 aliphatic heterocycles. The normalized spacial score (nSPS) is 21.7. The summed E-state index contributed by atoms with van der Waals surface area (Å²) in [4.78, 5) is 2.62. The fourth-order valence-corrected chi connectivity index (χ4v) is 3.27. The summed E-state index contributed by atoms with van der Waals surface area (Å²) >= 11 is 0. The first-order valence-electron chi connectivity index (χ1n) is 8.28. The SMILES string of the molecule is CCCC(CC)CC(C)C(C)CN(C)C1CCC1. The van der Waals surface area contributed by atoms with E-state index in [-0.39, 0.29) is 0 Å². The second-order valence-corrected chi connectivity index (χ2v) is 6.78. The maximum atomic E-state index is 2.62. The highest BCUT2D eigenvalue weighted by Crippen LogP contribution is 2.28. The van der Waals surface area contributed by atoms with E-state index < -0.39 is 0 Å². The summed E-state index contributed by atoms with van der Waals surface area (Å²) in [7, 11) is 2.33. The van der Waals surface area contributed by atoms with E-state index in [1.807, 2.05) is 0 Å². The molecule has 1 fully saturated rings. The summed E-state index contributed by atoms with van der Waals surface area (Å²) in [5.74, 6) is 2.69. The Morgan fingerprint density at radius 2 is 1.78 bits per heavy atom. The molecule has 1 aliphatic carbocycles. The summed E-state index contributed by atoms with van der Waals surface area (Å²) < 4.78 is 0. The van der Waals surface area contributed by atoms with Gasteiger partial charge in [-0.25, -0.2) is 0 Å². The third-order valence-corrected chi connectivity index (χ3v) is 5.22. The highest BCUT2D eigenvalue weighted by atomic mass is 15.1. The van der Waals surface area contributed by atoms with Crippen LogP contribution in [-0.2, 0) is 0 Å². The molecule has 1 aliphatic rings. The molecule has 1 heteroatoms. The van der Waals surface area contributed by atoms with Gasteiger partial charge >= 0.3 is 0 Å². The van der Waals surface area contributed by atoms with E-state index in [4.69, 9.17) is 0 Å². The molecule has 0 amide bonds. The first-order valence-corrected chi connectivity index (χ1v) is 8.28. The minimum atomic E-state index is 0.849. The molecule has 18 heavy (non-hydrogen) atoms. The van der Waals surface area contributed by atoms with Crippen molar-refractivity contribution in [1.29, 1.82) is 0 Å². The van der Waals surface area contributed by atoms with E-state index in [0.717, 1.165) is 23.8 Å². The van der Waals surface area contributed by atoms with Gasteiger partial charge in [0.05, 0.1) is 0 Å². The van der Waals surface area contributed by atoms with Crippen LogP contribution in [0.25, 0.3) is 0 Å². The second kappa shape index (κ2) is 8.19. The monoisotopic (exact) mass is 253 g/mol. The minimum absolute atomic E-state index is 0.849. The van der Waals surface area contributed by atoms with Gasteiger partial charge in [0.15, 0.2) is 0 Å². The molecule has 0 aromatic heterocycles. The zero-order chi connectivity index (χ0) is 13.5. The predicted octanol–water partition coefficient (Wildman–Crippen LogP) is 4.96. The average molecular weight is 253 g/mol. The standard InChI is InChI=1S/C17H35N/c1-6-9-16(7-2)12-14(3)15(4)13-18(5)17-10-8-11-17/h14-17H,6-13H2,1-5H3. The molecule has 0 aromatic carbocycles. The number of hydrogen-bond acceptors (Lipinski definition) is 1. The van der Waals surface area contributed by atoms with Crippen LogP contribution in [-0.4, -0.2) is 24.5 Å². The van der Waals surface area contributed by atoms with Crippen LogP contribution in [0.15, 0.2) is 0 Å².